The summed E-state index contributed by atoms with van der Waals surface area (Å²) in [6, 6.07) is 2.09. The standard InChI is InChI=1S/C11H13BrN2S2/c1-8(11-14-3-5-16-11)6-13-7-10-9(12)2-4-15-10/h2-5,8,13H,6-7H2,1H3. The van der Waals surface area contributed by atoms with E-state index in [0.717, 1.165) is 13.1 Å². The number of nitrogens with zero attached hydrogens (tertiary/aromatic N) is 1. The van der Waals surface area contributed by atoms with E-state index < -0.39 is 0 Å². The second-order valence-corrected chi connectivity index (χ2v) is 6.38. The number of hydrogen-bond donors (Lipinski definition) is 1. The molecule has 2 aromatic rings. The zero-order valence-corrected chi connectivity index (χ0v) is 12.2. The molecule has 86 valence electrons. The Morgan fingerprint density at radius 1 is 1.44 bits per heavy atom. The van der Waals surface area contributed by atoms with Gasteiger partial charge in [0.2, 0.25) is 0 Å². The van der Waals surface area contributed by atoms with Gasteiger partial charge in [-0.15, -0.1) is 22.7 Å². The summed E-state index contributed by atoms with van der Waals surface area (Å²) in [7, 11) is 0. The molecule has 0 amide bonds. The lowest BCUT2D eigenvalue weighted by molar-refractivity contribution is 0.616. The molecule has 1 atom stereocenters. The van der Waals surface area contributed by atoms with Crippen molar-refractivity contribution in [3.05, 3.63) is 37.4 Å². The van der Waals surface area contributed by atoms with E-state index in [-0.39, 0.29) is 0 Å². The molecule has 16 heavy (non-hydrogen) atoms. The van der Waals surface area contributed by atoms with E-state index in [1.165, 1.54) is 14.4 Å². The van der Waals surface area contributed by atoms with Crippen LogP contribution in [0.25, 0.3) is 0 Å². The first kappa shape index (κ1) is 12.2. The highest BCUT2D eigenvalue weighted by atomic mass is 79.9. The number of thiazole rings is 1. The normalized spacial score (nSPS) is 12.9. The fourth-order valence-electron chi connectivity index (χ4n) is 1.42. The van der Waals surface area contributed by atoms with E-state index >= 15 is 0 Å². The third kappa shape index (κ3) is 3.13. The van der Waals surface area contributed by atoms with Gasteiger partial charge in [0.1, 0.15) is 0 Å². The van der Waals surface area contributed by atoms with Crippen molar-refractivity contribution in [2.45, 2.75) is 19.4 Å². The van der Waals surface area contributed by atoms with Gasteiger partial charge < -0.3 is 5.32 Å². The van der Waals surface area contributed by atoms with Crippen LogP contribution in [0.2, 0.25) is 0 Å². The summed E-state index contributed by atoms with van der Waals surface area (Å²) >= 11 is 7.03. The Morgan fingerprint density at radius 2 is 2.31 bits per heavy atom. The number of aromatic nitrogens is 1. The Labute approximate surface area is 112 Å². The lowest BCUT2D eigenvalue weighted by atomic mass is 10.2. The molecule has 0 saturated heterocycles. The summed E-state index contributed by atoms with van der Waals surface area (Å²) in [6.45, 7) is 4.10. The average Bonchev–Trinajstić information content (AvgIpc) is 2.90. The summed E-state index contributed by atoms with van der Waals surface area (Å²) in [6.07, 6.45) is 1.87. The van der Waals surface area contributed by atoms with Crippen LogP contribution in [-0.2, 0) is 6.54 Å². The molecule has 0 aliphatic rings. The lowest BCUT2D eigenvalue weighted by Gasteiger charge is -2.09. The Bertz CT molecular complexity index is 425. The Morgan fingerprint density at radius 3 is 2.94 bits per heavy atom. The minimum absolute atomic E-state index is 0.485. The predicted octanol–water partition coefficient (Wildman–Crippen LogP) is 3.86. The summed E-state index contributed by atoms with van der Waals surface area (Å²) < 4.78 is 1.20. The second-order valence-electron chi connectivity index (χ2n) is 3.59. The molecule has 0 spiro atoms. The maximum absolute atomic E-state index is 4.32. The summed E-state index contributed by atoms with van der Waals surface area (Å²) in [4.78, 5) is 5.67. The van der Waals surface area contributed by atoms with Gasteiger partial charge in [0.15, 0.2) is 0 Å². The lowest BCUT2D eigenvalue weighted by Crippen LogP contribution is -2.19. The van der Waals surface area contributed by atoms with Crippen molar-refractivity contribution >= 4 is 38.6 Å². The van der Waals surface area contributed by atoms with Crippen LogP contribution in [0.3, 0.4) is 0 Å². The highest BCUT2D eigenvalue weighted by molar-refractivity contribution is 9.10. The molecule has 1 unspecified atom stereocenters. The Kier molecular flexibility index (Phi) is 4.52. The third-order valence-corrected chi connectivity index (χ3v) is 5.23. The van der Waals surface area contributed by atoms with Crippen molar-refractivity contribution in [3.63, 3.8) is 0 Å². The van der Waals surface area contributed by atoms with Crippen LogP contribution in [0.4, 0.5) is 0 Å². The topological polar surface area (TPSA) is 24.9 Å². The fraction of sp³-hybridized carbons (Fsp3) is 0.364. The molecule has 0 aromatic carbocycles. The first-order valence-electron chi connectivity index (χ1n) is 5.09. The summed E-state index contributed by atoms with van der Waals surface area (Å²) in [5, 5.41) is 8.80. The molecule has 5 heteroatoms. The van der Waals surface area contributed by atoms with E-state index in [1.54, 1.807) is 22.7 Å². The SMILES string of the molecule is CC(CNCc1sccc1Br)c1nccs1. The van der Waals surface area contributed by atoms with Gasteiger partial charge in [-0.2, -0.15) is 0 Å². The van der Waals surface area contributed by atoms with Crippen LogP contribution in [0.1, 0.15) is 22.7 Å². The van der Waals surface area contributed by atoms with Gasteiger partial charge in [-0.3, -0.25) is 0 Å². The minimum atomic E-state index is 0.485. The first-order valence-corrected chi connectivity index (χ1v) is 7.64. The highest BCUT2D eigenvalue weighted by Gasteiger charge is 2.08. The van der Waals surface area contributed by atoms with E-state index in [0.29, 0.717) is 5.92 Å². The largest absolute Gasteiger partial charge is 0.311 e. The molecule has 0 bridgehead atoms. The van der Waals surface area contributed by atoms with E-state index in [2.05, 4.69) is 44.6 Å². The quantitative estimate of drug-likeness (QED) is 0.906. The summed E-state index contributed by atoms with van der Waals surface area (Å²) in [5.74, 6) is 0.485. The van der Waals surface area contributed by atoms with Crippen LogP contribution in [0, 0.1) is 0 Å². The van der Waals surface area contributed by atoms with Crippen LogP contribution >= 0.6 is 38.6 Å². The van der Waals surface area contributed by atoms with E-state index in [9.17, 15) is 0 Å². The van der Waals surface area contributed by atoms with Gasteiger partial charge in [-0.1, -0.05) is 6.92 Å². The van der Waals surface area contributed by atoms with Crippen LogP contribution in [0.15, 0.2) is 27.5 Å². The van der Waals surface area contributed by atoms with E-state index in [4.69, 9.17) is 0 Å². The molecule has 1 N–H and O–H groups in total. The molecule has 0 saturated carbocycles. The molecule has 0 aliphatic carbocycles. The third-order valence-electron chi connectivity index (χ3n) is 2.30. The molecule has 2 heterocycles. The molecule has 2 rings (SSSR count). The van der Waals surface area contributed by atoms with Crippen LogP contribution in [0.5, 0.6) is 0 Å². The molecular weight excluding hydrogens is 304 g/mol. The number of nitrogens with one attached hydrogen (secondary N) is 1. The van der Waals surface area contributed by atoms with Gasteiger partial charge in [0.25, 0.3) is 0 Å². The van der Waals surface area contributed by atoms with E-state index in [1.807, 2.05) is 11.6 Å². The van der Waals surface area contributed by atoms with Crippen molar-refractivity contribution in [1.82, 2.24) is 10.3 Å². The Hall–Kier alpha value is -0.230. The van der Waals surface area contributed by atoms with Crippen molar-refractivity contribution in [2.75, 3.05) is 6.54 Å². The number of thiophene rings is 1. The van der Waals surface area contributed by atoms with Gasteiger partial charge in [-0.25, -0.2) is 4.98 Å². The minimum Gasteiger partial charge on any atom is -0.311 e. The van der Waals surface area contributed by atoms with Gasteiger partial charge in [0, 0.05) is 39.9 Å². The second kappa shape index (κ2) is 5.91. The molecule has 0 fully saturated rings. The molecule has 2 nitrogen and oxygen atoms in total. The van der Waals surface area contributed by atoms with Crippen molar-refractivity contribution in [1.29, 1.82) is 0 Å². The number of rotatable bonds is 5. The zero-order chi connectivity index (χ0) is 11.4. The fourth-order valence-corrected chi connectivity index (χ4v) is 3.58. The molecule has 0 radical (unpaired) electrons. The van der Waals surface area contributed by atoms with Crippen LogP contribution in [-0.4, -0.2) is 11.5 Å². The Balaban J connectivity index is 1.78. The predicted molar refractivity (Wildman–Crippen MR) is 74.3 cm³/mol. The monoisotopic (exact) mass is 316 g/mol. The van der Waals surface area contributed by atoms with Gasteiger partial charge in [0.05, 0.1) is 5.01 Å². The molecule has 0 aliphatic heterocycles. The number of halogens is 1. The molecular formula is C11H13BrN2S2. The maximum Gasteiger partial charge on any atom is 0.0965 e. The zero-order valence-electron chi connectivity index (χ0n) is 8.94. The maximum atomic E-state index is 4.32. The smallest absolute Gasteiger partial charge is 0.0965 e. The van der Waals surface area contributed by atoms with Crippen molar-refractivity contribution < 1.29 is 0 Å². The summed E-state index contributed by atoms with van der Waals surface area (Å²) in [5.41, 5.74) is 0. The number of hydrogen-bond acceptors (Lipinski definition) is 4. The average molecular weight is 317 g/mol. The van der Waals surface area contributed by atoms with Crippen LogP contribution < -0.4 is 5.32 Å². The highest BCUT2D eigenvalue weighted by Crippen LogP contribution is 2.22. The van der Waals surface area contributed by atoms with Crippen molar-refractivity contribution in [2.24, 2.45) is 0 Å². The van der Waals surface area contributed by atoms with Gasteiger partial charge >= 0.3 is 0 Å². The molecule has 2 aromatic heterocycles. The first-order chi connectivity index (χ1) is 7.77. The van der Waals surface area contributed by atoms with Crippen molar-refractivity contribution in [3.8, 4) is 0 Å². The van der Waals surface area contributed by atoms with Gasteiger partial charge in [-0.05, 0) is 27.4 Å².